The lowest BCUT2D eigenvalue weighted by atomic mass is 9.78. The van der Waals surface area contributed by atoms with Crippen LogP contribution in [0.5, 0.6) is 0 Å². The van der Waals surface area contributed by atoms with Gasteiger partial charge in [-0.05, 0) is 77.0 Å². The van der Waals surface area contributed by atoms with E-state index in [2.05, 4.69) is 0 Å². The second-order valence-corrected chi connectivity index (χ2v) is 8.42. The number of rotatable bonds is 8. The van der Waals surface area contributed by atoms with Gasteiger partial charge in [0.25, 0.3) is 0 Å². The lowest BCUT2D eigenvalue weighted by Crippen LogP contribution is -2.46. The molecule has 0 aromatic heterocycles. The largest absolute Gasteiger partial charge is 0.465 e. The third-order valence-corrected chi connectivity index (χ3v) is 4.87. The normalized spacial score (nSPS) is 13.6. The summed E-state index contributed by atoms with van der Waals surface area (Å²) in [5.74, 6) is -2.16. The molecule has 0 radical (unpaired) electrons. The average molecular weight is 405 g/mol. The van der Waals surface area contributed by atoms with Crippen LogP contribution in [0.3, 0.4) is 0 Å². The lowest BCUT2D eigenvalue weighted by Gasteiger charge is -2.30. The molecule has 0 fully saturated rings. The van der Waals surface area contributed by atoms with Gasteiger partial charge in [0.1, 0.15) is 5.60 Å². The van der Waals surface area contributed by atoms with Crippen LogP contribution in [0.25, 0.3) is 0 Å². The smallest absolute Gasteiger partial charge is 0.324 e. The van der Waals surface area contributed by atoms with Gasteiger partial charge in [0.15, 0.2) is 5.41 Å². The van der Waals surface area contributed by atoms with Gasteiger partial charge in [0.2, 0.25) is 0 Å². The molecule has 0 unspecified atom stereocenters. The minimum absolute atomic E-state index is 0.0250. The van der Waals surface area contributed by atoms with E-state index in [-0.39, 0.29) is 19.6 Å². The molecule has 1 aliphatic rings. The van der Waals surface area contributed by atoms with E-state index in [0.717, 1.165) is 24.8 Å². The number of aryl methyl sites for hydroxylation is 2. The number of carbonyl (C=O) groups excluding carboxylic acids is 3. The van der Waals surface area contributed by atoms with Gasteiger partial charge in [-0.1, -0.05) is 18.2 Å². The molecule has 0 N–H and O–H groups in total. The molecule has 6 heteroatoms. The van der Waals surface area contributed by atoms with E-state index in [9.17, 15) is 14.4 Å². The Balaban J connectivity index is 2.43. The molecule has 1 aromatic rings. The maximum absolute atomic E-state index is 13.0. The second kappa shape index (κ2) is 9.42. The summed E-state index contributed by atoms with van der Waals surface area (Å²) < 4.78 is 15.9. The number of esters is 3. The molecule has 0 heterocycles. The summed E-state index contributed by atoms with van der Waals surface area (Å²) in [5.41, 5.74) is 0.802. The molecule has 0 aliphatic heterocycles. The molecule has 0 saturated carbocycles. The molecule has 2 rings (SSSR count). The van der Waals surface area contributed by atoms with Gasteiger partial charge >= 0.3 is 17.9 Å². The number of hydrogen-bond acceptors (Lipinski definition) is 6. The first-order valence-corrected chi connectivity index (χ1v) is 10.3. The van der Waals surface area contributed by atoms with Crippen LogP contribution in [0.15, 0.2) is 18.2 Å². The van der Waals surface area contributed by atoms with Crippen LogP contribution < -0.4 is 0 Å². The standard InChI is InChI=1S/C23H32O6/c1-6-27-20(25)23(21(26)28-7-2,15-19(24)29-22(3,4)5)14-16-11-12-17-9-8-10-18(17)13-16/h11-13H,6-10,14-15H2,1-5H3. The zero-order valence-corrected chi connectivity index (χ0v) is 18.1. The second-order valence-electron chi connectivity index (χ2n) is 8.42. The third kappa shape index (κ3) is 5.81. The minimum Gasteiger partial charge on any atom is -0.465 e. The van der Waals surface area contributed by atoms with E-state index in [0.29, 0.717) is 0 Å². The van der Waals surface area contributed by atoms with Crippen LogP contribution in [-0.4, -0.2) is 36.7 Å². The van der Waals surface area contributed by atoms with Crippen LogP contribution in [-0.2, 0) is 47.9 Å². The van der Waals surface area contributed by atoms with Crippen LogP contribution in [0.1, 0.15) is 64.2 Å². The zero-order valence-electron chi connectivity index (χ0n) is 18.1. The molecule has 1 aliphatic carbocycles. The Morgan fingerprint density at radius 2 is 1.52 bits per heavy atom. The first-order valence-electron chi connectivity index (χ1n) is 10.3. The van der Waals surface area contributed by atoms with Gasteiger partial charge in [-0.25, -0.2) is 0 Å². The highest BCUT2D eigenvalue weighted by Gasteiger charge is 2.51. The Morgan fingerprint density at radius 3 is 2.07 bits per heavy atom. The summed E-state index contributed by atoms with van der Waals surface area (Å²) in [6.07, 6.45) is 2.70. The van der Waals surface area contributed by atoms with Crippen molar-refractivity contribution in [3.63, 3.8) is 0 Å². The van der Waals surface area contributed by atoms with Crippen molar-refractivity contribution >= 4 is 17.9 Å². The number of fused-ring (bicyclic) bond motifs is 1. The number of ether oxygens (including phenoxy) is 3. The fourth-order valence-corrected chi connectivity index (χ4v) is 3.68. The summed E-state index contributed by atoms with van der Waals surface area (Å²) in [6, 6.07) is 5.96. The maximum Gasteiger partial charge on any atom is 0.324 e. The van der Waals surface area contributed by atoms with Crippen LogP contribution in [0.2, 0.25) is 0 Å². The first-order chi connectivity index (χ1) is 13.6. The summed E-state index contributed by atoms with van der Waals surface area (Å²) in [6.45, 7) is 8.73. The van der Waals surface area contributed by atoms with E-state index in [1.807, 2.05) is 18.2 Å². The average Bonchev–Trinajstić information content (AvgIpc) is 3.07. The fourth-order valence-electron chi connectivity index (χ4n) is 3.68. The van der Waals surface area contributed by atoms with Crippen LogP contribution in [0, 0.1) is 5.41 Å². The summed E-state index contributed by atoms with van der Waals surface area (Å²) in [7, 11) is 0. The third-order valence-electron chi connectivity index (χ3n) is 4.87. The maximum atomic E-state index is 13.0. The predicted molar refractivity (Wildman–Crippen MR) is 108 cm³/mol. The van der Waals surface area contributed by atoms with Gasteiger partial charge in [0.05, 0.1) is 19.6 Å². The Morgan fingerprint density at radius 1 is 0.931 bits per heavy atom. The lowest BCUT2D eigenvalue weighted by molar-refractivity contribution is -0.179. The summed E-state index contributed by atoms with van der Waals surface area (Å²) >= 11 is 0. The monoisotopic (exact) mass is 404 g/mol. The molecule has 0 saturated heterocycles. The highest BCUT2D eigenvalue weighted by molar-refractivity contribution is 6.03. The van der Waals surface area contributed by atoms with E-state index < -0.39 is 35.3 Å². The van der Waals surface area contributed by atoms with Gasteiger partial charge in [-0.15, -0.1) is 0 Å². The topological polar surface area (TPSA) is 78.9 Å². The molecule has 29 heavy (non-hydrogen) atoms. The van der Waals surface area contributed by atoms with Crippen LogP contribution >= 0.6 is 0 Å². The quantitative estimate of drug-likeness (QED) is 0.374. The van der Waals surface area contributed by atoms with E-state index in [1.54, 1.807) is 34.6 Å². The highest BCUT2D eigenvalue weighted by Crippen LogP contribution is 2.34. The van der Waals surface area contributed by atoms with E-state index >= 15 is 0 Å². The fraction of sp³-hybridized carbons (Fsp3) is 0.609. The van der Waals surface area contributed by atoms with Gasteiger partial charge in [-0.3, -0.25) is 14.4 Å². The van der Waals surface area contributed by atoms with Crippen molar-refractivity contribution in [2.24, 2.45) is 5.41 Å². The SMILES string of the molecule is CCOC(=O)C(CC(=O)OC(C)(C)C)(Cc1ccc2c(c1)CCC2)C(=O)OCC. The molecule has 160 valence electrons. The van der Waals surface area contributed by atoms with Crippen molar-refractivity contribution in [2.75, 3.05) is 13.2 Å². The molecule has 0 bridgehead atoms. The minimum atomic E-state index is -1.78. The Labute approximate surface area is 172 Å². The van der Waals surface area contributed by atoms with Crippen molar-refractivity contribution in [3.05, 3.63) is 34.9 Å². The molecule has 0 amide bonds. The van der Waals surface area contributed by atoms with Crippen molar-refractivity contribution < 1.29 is 28.6 Å². The summed E-state index contributed by atoms with van der Waals surface area (Å²) in [4.78, 5) is 38.6. The molecular formula is C23H32O6. The summed E-state index contributed by atoms with van der Waals surface area (Å²) in [5, 5.41) is 0. The van der Waals surface area contributed by atoms with Crippen molar-refractivity contribution in [1.82, 2.24) is 0 Å². The van der Waals surface area contributed by atoms with Crippen molar-refractivity contribution in [2.45, 2.75) is 72.3 Å². The molecule has 0 atom stereocenters. The molecule has 6 nitrogen and oxygen atoms in total. The Bertz CT molecular complexity index is 741. The molecule has 1 aromatic carbocycles. The van der Waals surface area contributed by atoms with Gasteiger partial charge < -0.3 is 14.2 Å². The van der Waals surface area contributed by atoms with Crippen molar-refractivity contribution in [3.8, 4) is 0 Å². The number of benzene rings is 1. The zero-order chi connectivity index (χ0) is 21.7. The Kier molecular flexibility index (Phi) is 7.44. The highest BCUT2D eigenvalue weighted by atomic mass is 16.6. The van der Waals surface area contributed by atoms with Crippen molar-refractivity contribution in [1.29, 1.82) is 0 Å². The van der Waals surface area contributed by atoms with Crippen LogP contribution in [0.4, 0.5) is 0 Å². The Hall–Kier alpha value is -2.37. The predicted octanol–water partition coefficient (Wildman–Crippen LogP) is 3.56. The number of hydrogen-bond donors (Lipinski definition) is 0. The number of carbonyl (C=O) groups is 3. The van der Waals surface area contributed by atoms with Gasteiger partial charge in [0, 0.05) is 0 Å². The van der Waals surface area contributed by atoms with Gasteiger partial charge in [-0.2, -0.15) is 0 Å². The molecular weight excluding hydrogens is 372 g/mol. The first kappa shape index (κ1) is 22.9. The molecule has 0 spiro atoms. The van der Waals surface area contributed by atoms with E-state index in [4.69, 9.17) is 14.2 Å². The van der Waals surface area contributed by atoms with E-state index in [1.165, 1.54) is 11.1 Å².